The molecule has 4 rings (SSSR count). The summed E-state index contributed by atoms with van der Waals surface area (Å²) in [4.78, 5) is 26.8. The lowest BCUT2D eigenvalue weighted by molar-refractivity contribution is -0.120. The molecule has 23 heavy (non-hydrogen) atoms. The molecule has 0 spiro atoms. The van der Waals surface area contributed by atoms with E-state index in [1.54, 1.807) is 22.7 Å². The van der Waals surface area contributed by atoms with Crippen LogP contribution >= 0.6 is 22.7 Å². The molecular formula is C16H16N4OS2. The number of carbonyl (C=O) groups is 1. The number of anilines is 1. The van der Waals surface area contributed by atoms with Crippen LogP contribution in [-0.4, -0.2) is 35.5 Å². The molecule has 118 valence electrons. The van der Waals surface area contributed by atoms with E-state index >= 15 is 0 Å². The zero-order chi connectivity index (χ0) is 16.0. The molecule has 1 amide bonds. The van der Waals surface area contributed by atoms with Gasteiger partial charge in [0.25, 0.3) is 0 Å². The molecule has 0 aliphatic carbocycles. The molecule has 5 nitrogen and oxygen atoms in total. The Labute approximate surface area is 142 Å². The molecule has 1 aliphatic heterocycles. The number of aryl methyl sites for hydroxylation is 2. The van der Waals surface area contributed by atoms with Crippen LogP contribution in [-0.2, 0) is 4.79 Å². The summed E-state index contributed by atoms with van der Waals surface area (Å²) in [5.41, 5.74) is 1.21. The molecule has 1 N–H and O–H groups in total. The van der Waals surface area contributed by atoms with Crippen molar-refractivity contribution in [3.05, 3.63) is 28.0 Å². The van der Waals surface area contributed by atoms with Gasteiger partial charge in [-0.1, -0.05) is 6.07 Å². The van der Waals surface area contributed by atoms with Gasteiger partial charge in [0.1, 0.15) is 10.6 Å². The summed E-state index contributed by atoms with van der Waals surface area (Å²) in [7, 11) is 0. The van der Waals surface area contributed by atoms with Crippen molar-refractivity contribution in [2.45, 2.75) is 13.8 Å². The second-order valence-corrected chi connectivity index (χ2v) is 7.73. The lowest BCUT2D eigenvalue weighted by Gasteiger charge is -2.28. The van der Waals surface area contributed by atoms with Gasteiger partial charge < -0.3 is 10.2 Å². The van der Waals surface area contributed by atoms with Crippen molar-refractivity contribution in [1.29, 1.82) is 0 Å². The van der Waals surface area contributed by atoms with Crippen LogP contribution in [0.5, 0.6) is 0 Å². The van der Waals surface area contributed by atoms with Gasteiger partial charge >= 0.3 is 0 Å². The van der Waals surface area contributed by atoms with E-state index in [2.05, 4.69) is 24.1 Å². The Kier molecular flexibility index (Phi) is 3.54. The summed E-state index contributed by atoms with van der Waals surface area (Å²) in [6.45, 7) is 6.00. The van der Waals surface area contributed by atoms with Gasteiger partial charge in [-0.15, -0.1) is 22.7 Å². The molecular weight excluding hydrogens is 328 g/mol. The predicted octanol–water partition coefficient (Wildman–Crippen LogP) is 2.97. The molecule has 0 saturated carbocycles. The summed E-state index contributed by atoms with van der Waals surface area (Å²) in [6.07, 6.45) is 0. The monoisotopic (exact) mass is 344 g/mol. The quantitative estimate of drug-likeness (QED) is 0.776. The van der Waals surface area contributed by atoms with Gasteiger partial charge in [0.2, 0.25) is 5.91 Å². The lowest BCUT2D eigenvalue weighted by Crippen LogP contribution is -2.48. The average molecular weight is 344 g/mol. The summed E-state index contributed by atoms with van der Waals surface area (Å²) < 4.78 is 0. The number of carbonyl (C=O) groups excluding carboxylic acids is 1. The van der Waals surface area contributed by atoms with Crippen LogP contribution < -0.4 is 10.2 Å². The predicted molar refractivity (Wildman–Crippen MR) is 95.4 cm³/mol. The normalized spacial score (nSPS) is 15.2. The Morgan fingerprint density at radius 1 is 1.30 bits per heavy atom. The molecule has 1 saturated heterocycles. The van der Waals surface area contributed by atoms with Crippen molar-refractivity contribution in [2.24, 2.45) is 0 Å². The second-order valence-electron chi connectivity index (χ2n) is 5.58. The van der Waals surface area contributed by atoms with Crippen LogP contribution in [0, 0.1) is 13.8 Å². The molecule has 1 aliphatic rings. The average Bonchev–Trinajstić information content (AvgIpc) is 3.16. The fourth-order valence-electron chi connectivity index (χ4n) is 2.79. The van der Waals surface area contributed by atoms with E-state index in [1.165, 1.54) is 10.4 Å². The van der Waals surface area contributed by atoms with Gasteiger partial charge in [-0.2, -0.15) is 0 Å². The highest BCUT2D eigenvalue weighted by molar-refractivity contribution is 7.19. The van der Waals surface area contributed by atoms with E-state index in [1.807, 2.05) is 17.5 Å². The first kappa shape index (κ1) is 14.6. The molecule has 0 radical (unpaired) electrons. The highest BCUT2D eigenvalue weighted by atomic mass is 32.1. The van der Waals surface area contributed by atoms with Crippen molar-refractivity contribution in [3.8, 4) is 10.7 Å². The number of nitrogens with one attached hydrogen (secondary N) is 1. The standard InChI is InChI=1S/C16H16N4OS2/c1-9-10(2)23-16-13(9)15(20-6-5-17-12(21)8-20)18-14(19-16)11-4-3-7-22-11/h3-4,7H,5-6,8H2,1-2H3,(H,17,21). The van der Waals surface area contributed by atoms with Crippen molar-refractivity contribution >= 4 is 44.6 Å². The smallest absolute Gasteiger partial charge is 0.239 e. The number of hydrogen-bond acceptors (Lipinski definition) is 6. The highest BCUT2D eigenvalue weighted by Crippen LogP contribution is 2.37. The van der Waals surface area contributed by atoms with Crippen molar-refractivity contribution < 1.29 is 4.79 Å². The molecule has 0 bridgehead atoms. The third-order valence-electron chi connectivity index (χ3n) is 4.09. The maximum absolute atomic E-state index is 11.8. The number of amides is 1. The van der Waals surface area contributed by atoms with E-state index in [4.69, 9.17) is 9.97 Å². The second kappa shape index (κ2) is 5.58. The fourth-order valence-corrected chi connectivity index (χ4v) is 4.47. The highest BCUT2D eigenvalue weighted by Gasteiger charge is 2.23. The largest absolute Gasteiger partial charge is 0.353 e. The Morgan fingerprint density at radius 3 is 2.91 bits per heavy atom. The first-order valence-corrected chi connectivity index (χ1v) is 9.16. The summed E-state index contributed by atoms with van der Waals surface area (Å²) >= 11 is 3.33. The summed E-state index contributed by atoms with van der Waals surface area (Å²) in [6, 6.07) is 4.04. The van der Waals surface area contributed by atoms with E-state index in [0.29, 0.717) is 13.1 Å². The number of hydrogen-bond donors (Lipinski definition) is 1. The Morgan fingerprint density at radius 2 is 2.17 bits per heavy atom. The van der Waals surface area contributed by atoms with E-state index in [0.717, 1.165) is 33.3 Å². The maximum atomic E-state index is 11.8. The Hall–Kier alpha value is -1.99. The topological polar surface area (TPSA) is 58.1 Å². The zero-order valence-corrected chi connectivity index (χ0v) is 14.6. The third kappa shape index (κ3) is 2.49. The summed E-state index contributed by atoms with van der Waals surface area (Å²) in [5, 5.41) is 5.99. The van der Waals surface area contributed by atoms with E-state index in [-0.39, 0.29) is 5.91 Å². The molecule has 4 heterocycles. The molecule has 0 unspecified atom stereocenters. The van der Waals surface area contributed by atoms with Crippen LogP contribution in [0.4, 0.5) is 5.82 Å². The Bertz CT molecular complexity index is 885. The van der Waals surface area contributed by atoms with Crippen LogP contribution in [0.3, 0.4) is 0 Å². The van der Waals surface area contributed by atoms with Gasteiger partial charge in [0.15, 0.2) is 5.82 Å². The van der Waals surface area contributed by atoms with Gasteiger partial charge in [-0.3, -0.25) is 4.79 Å². The molecule has 3 aromatic rings. The van der Waals surface area contributed by atoms with Crippen LogP contribution in [0.2, 0.25) is 0 Å². The van der Waals surface area contributed by atoms with Gasteiger partial charge in [-0.05, 0) is 30.9 Å². The lowest BCUT2D eigenvalue weighted by atomic mass is 10.2. The van der Waals surface area contributed by atoms with Crippen molar-refractivity contribution in [1.82, 2.24) is 15.3 Å². The number of nitrogens with zero attached hydrogens (tertiary/aromatic N) is 3. The minimum atomic E-state index is 0.0466. The minimum Gasteiger partial charge on any atom is -0.353 e. The number of rotatable bonds is 2. The number of thiophene rings is 2. The third-order valence-corrected chi connectivity index (χ3v) is 6.06. The molecule has 0 atom stereocenters. The first-order chi connectivity index (χ1) is 11.1. The fraction of sp³-hybridized carbons (Fsp3) is 0.312. The van der Waals surface area contributed by atoms with E-state index in [9.17, 15) is 4.79 Å². The van der Waals surface area contributed by atoms with Gasteiger partial charge in [0, 0.05) is 18.0 Å². The molecule has 3 aromatic heterocycles. The maximum Gasteiger partial charge on any atom is 0.239 e. The van der Waals surface area contributed by atoms with Gasteiger partial charge in [-0.25, -0.2) is 9.97 Å². The van der Waals surface area contributed by atoms with Crippen molar-refractivity contribution in [3.63, 3.8) is 0 Å². The molecule has 1 fully saturated rings. The van der Waals surface area contributed by atoms with Crippen LogP contribution in [0.25, 0.3) is 20.9 Å². The number of aromatic nitrogens is 2. The van der Waals surface area contributed by atoms with Crippen LogP contribution in [0.15, 0.2) is 17.5 Å². The number of piperazine rings is 1. The van der Waals surface area contributed by atoms with Gasteiger partial charge in [0.05, 0.1) is 16.8 Å². The first-order valence-electron chi connectivity index (χ1n) is 7.47. The summed E-state index contributed by atoms with van der Waals surface area (Å²) in [5.74, 6) is 1.68. The van der Waals surface area contributed by atoms with Crippen LogP contribution in [0.1, 0.15) is 10.4 Å². The van der Waals surface area contributed by atoms with Crippen molar-refractivity contribution in [2.75, 3.05) is 24.5 Å². The van der Waals surface area contributed by atoms with E-state index < -0.39 is 0 Å². The molecule has 7 heteroatoms. The zero-order valence-electron chi connectivity index (χ0n) is 12.9. The minimum absolute atomic E-state index is 0.0466. The Balaban J connectivity index is 1.94. The SMILES string of the molecule is Cc1sc2nc(-c3cccs3)nc(N3CCNC(=O)C3)c2c1C. The molecule has 0 aromatic carbocycles. The number of fused-ring (bicyclic) bond motifs is 1.